The summed E-state index contributed by atoms with van der Waals surface area (Å²) in [5, 5.41) is 12.8. The summed E-state index contributed by atoms with van der Waals surface area (Å²) in [6, 6.07) is 11.6. The summed E-state index contributed by atoms with van der Waals surface area (Å²) < 4.78 is 24.6. The lowest BCUT2D eigenvalue weighted by Gasteiger charge is -2.31. The number of halogens is 1. The molecule has 1 unspecified atom stereocenters. The second kappa shape index (κ2) is 9.30. The third-order valence-electron chi connectivity index (χ3n) is 5.24. The summed E-state index contributed by atoms with van der Waals surface area (Å²) in [6.07, 6.45) is 1.77. The largest absolute Gasteiger partial charge is 0.493 e. The Morgan fingerprint density at radius 3 is 2.74 bits per heavy atom. The third-order valence-corrected chi connectivity index (χ3v) is 6.36. The number of hydrogen-bond acceptors (Lipinski definition) is 6. The maximum Gasteiger partial charge on any atom is 0.321 e. The van der Waals surface area contributed by atoms with Gasteiger partial charge in [-0.15, -0.1) is 10.2 Å². The highest BCUT2D eigenvalue weighted by atomic mass is 32.1. The number of carbonyl (C=O) groups is 1. The van der Waals surface area contributed by atoms with Gasteiger partial charge in [-0.3, -0.25) is 0 Å². The number of rotatable bonds is 5. The number of urea groups is 1. The molecule has 1 aromatic heterocycles. The molecule has 0 spiro atoms. The van der Waals surface area contributed by atoms with Gasteiger partial charge in [-0.2, -0.15) is 0 Å². The standard InChI is InChI=1S/C22H23FN4O3S/c1-29-18-10-9-15(12-19(18)30-2)24-22(28)27-11-5-6-14(13-27)20-25-26-21(31-20)16-7-3-4-8-17(16)23/h3-4,7-10,12,14H,5-6,11,13H2,1-2H3,(H,24,28). The number of carbonyl (C=O) groups excluding carboxylic acids is 1. The number of aromatic nitrogens is 2. The SMILES string of the molecule is COc1ccc(NC(=O)N2CCCC(c3nnc(-c4ccccc4F)s3)C2)cc1OC. The molecule has 1 aliphatic heterocycles. The van der Waals surface area contributed by atoms with Gasteiger partial charge in [0.05, 0.1) is 14.2 Å². The average molecular weight is 443 g/mol. The van der Waals surface area contributed by atoms with Gasteiger partial charge >= 0.3 is 6.03 Å². The molecule has 1 saturated heterocycles. The van der Waals surface area contributed by atoms with Crippen molar-refractivity contribution in [2.45, 2.75) is 18.8 Å². The molecule has 0 aliphatic carbocycles. The summed E-state index contributed by atoms with van der Waals surface area (Å²) in [6.45, 7) is 1.19. The maximum absolute atomic E-state index is 14.1. The quantitative estimate of drug-likeness (QED) is 0.616. The van der Waals surface area contributed by atoms with Crippen LogP contribution in [0.1, 0.15) is 23.8 Å². The number of piperidine rings is 1. The summed E-state index contributed by atoms with van der Waals surface area (Å²) >= 11 is 1.38. The Morgan fingerprint density at radius 2 is 1.97 bits per heavy atom. The number of benzene rings is 2. The number of ether oxygens (including phenoxy) is 2. The lowest BCUT2D eigenvalue weighted by atomic mass is 9.99. The van der Waals surface area contributed by atoms with E-state index in [2.05, 4.69) is 15.5 Å². The fourth-order valence-corrected chi connectivity index (χ4v) is 4.62. The molecular weight excluding hydrogens is 419 g/mol. The van der Waals surface area contributed by atoms with Crippen LogP contribution in [0, 0.1) is 5.82 Å². The van der Waals surface area contributed by atoms with Crippen LogP contribution in [-0.2, 0) is 0 Å². The van der Waals surface area contributed by atoms with Gasteiger partial charge in [0, 0.05) is 36.3 Å². The van der Waals surface area contributed by atoms with Gasteiger partial charge in [0.25, 0.3) is 0 Å². The van der Waals surface area contributed by atoms with Crippen LogP contribution in [0.3, 0.4) is 0 Å². The molecule has 0 radical (unpaired) electrons. The second-order valence-electron chi connectivity index (χ2n) is 7.21. The van der Waals surface area contributed by atoms with Crippen LogP contribution in [0.15, 0.2) is 42.5 Å². The first kappa shape index (κ1) is 21.0. The smallest absolute Gasteiger partial charge is 0.321 e. The first-order chi connectivity index (χ1) is 15.1. The second-order valence-corrected chi connectivity index (χ2v) is 8.22. The highest BCUT2D eigenvalue weighted by Crippen LogP contribution is 2.34. The van der Waals surface area contributed by atoms with E-state index >= 15 is 0 Å². The number of methoxy groups -OCH3 is 2. The third kappa shape index (κ3) is 4.61. The Kier molecular flexibility index (Phi) is 6.31. The Morgan fingerprint density at radius 1 is 1.16 bits per heavy atom. The first-order valence-corrected chi connectivity index (χ1v) is 10.8. The van der Waals surface area contributed by atoms with Crippen molar-refractivity contribution in [3.63, 3.8) is 0 Å². The van der Waals surface area contributed by atoms with E-state index in [1.807, 2.05) is 0 Å². The monoisotopic (exact) mass is 442 g/mol. The van der Waals surface area contributed by atoms with E-state index in [4.69, 9.17) is 9.47 Å². The molecule has 3 aromatic rings. The molecule has 162 valence electrons. The molecule has 7 nitrogen and oxygen atoms in total. The number of nitrogens with zero attached hydrogens (tertiary/aromatic N) is 3. The van der Waals surface area contributed by atoms with E-state index in [9.17, 15) is 9.18 Å². The van der Waals surface area contributed by atoms with E-state index in [0.717, 1.165) is 17.8 Å². The van der Waals surface area contributed by atoms with Crippen molar-refractivity contribution in [1.82, 2.24) is 15.1 Å². The molecule has 1 atom stereocenters. The van der Waals surface area contributed by atoms with Gasteiger partial charge in [0.1, 0.15) is 10.8 Å². The van der Waals surface area contributed by atoms with Crippen LogP contribution >= 0.6 is 11.3 Å². The molecule has 1 fully saturated rings. The summed E-state index contributed by atoms with van der Waals surface area (Å²) in [7, 11) is 3.12. The molecule has 1 N–H and O–H groups in total. The van der Waals surface area contributed by atoms with E-state index < -0.39 is 0 Å². The van der Waals surface area contributed by atoms with Crippen molar-refractivity contribution in [3.05, 3.63) is 53.3 Å². The highest BCUT2D eigenvalue weighted by Gasteiger charge is 2.28. The topological polar surface area (TPSA) is 76.6 Å². The van der Waals surface area contributed by atoms with Crippen molar-refractivity contribution in [3.8, 4) is 22.1 Å². The Labute approximate surface area is 183 Å². The zero-order chi connectivity index (χ0) is 21.8. The molecule has 2 amide bonds. The number of amides is 2. The van der Waals surface area contributed by atoms with E-state index in [-0.39, 0.29) is 17.8 Å². The molecule has 31 heavy (non-hydrogen) atoms. The van der Waals surface area contributed by atoms with Crippen molar-refractivity contribution in [2.24, 2.45) is 0 Å². The number of anilines is 1. The summed E-state index contributed by atoms with van der Waals surface area (Å²) in [4.78, 5) is 14.6. The molecule has 0 bridgehead atoms. The number of hydrogen-bond donors (Lipinski definition) is 1. The molecule has 4 rings (SSSR count). The van der Waals surface area contributed by atoms with E-state index in [1.165, 1.54) is 17.4 Å². The lowest BCUT2D eigenvalue weighted by Crippen LogP contribution is -2.41. The normalized spacial score (nSPS) is 16.1. The van der Waals surface area contributed by atoms with Crippen molar-refractivity contribution in [2.75, 3.05) is 32.6 Å². The molecule has 0 saturated carbocycles. The van der Waals surface area contributed by atoms with Gasteiger partial charge in [-0.1, -0.05) is 23.5 Å². The van der Waals surface area contributed by atoms with Crippen LogP contribution < -0.4 is 14.8 Å². The lowest BCUT2D eigenvalue weighted by molar-refractivity contribution is 0.192. The molecule has 9 heteroatoms. The predicted molar refractivity (Wildman–Crippen MR) is 117 cm³/mol. The highest BCUT2D eigenvalue weighted by molar-refractivity contribution is 7.14. The van der Waals surface area contributed by atoms with Crippen LogP contribution in [0.2, 0.25) is 0 Å². The van der Waals surface area contributed by atoms with Gasteiger partial charge < -0.3 is 19.7 Å². The molecular formula is C22H23FN4O3S. The number of nitrogens with one attached hydrogen (secondary N) is 1. The maximum atomic E-state index is 14.1. The zero-order valence-electron chi connectivity index (χ0n) is 17.3. The van der Waals surface area contributed by atoms with Crippen molar-refractivity contribution < 1.29 is 18.7 Å². The predicted octanol–water partition coefficient (Wildman–Crippen LogP) is 4.77. The van der Waals surface area contributed by atoms with Gasteiger partial charge in [-0.25, -0.2) is 9.18 Å². The molecule has 2 aromatic carbocycles. The van der Waals surface area contributed by atoms with Crippen molar-refractivity contribution >= 4 is 23.1 Å². The minimum Gasteiger partial charge on any atom is -0.493 e. The van der Waals surface area contributed by atoms with Gasteiger partial charge in [0.2, 0.25) is 0 Å². The Balaban J connectivity index is 1.44. The Bertz CT molecular complexity index is 1070. The minimum absolute atomic E-state index is 0.0722. The van der Waals surface area contributed by atoms with Crippen molar-refractivity contribution in [1.29, 1.82) is 0 Å². The van der Waals surface area contributed by atoms with E-state index in [1.54, 1.807) is 55.5 Å². The number of likely N-dealkylation sites (tertiary alicyclic amines) is 1. The van der Waals surface area contributed by atoms with Crippen LogP contribution in [0.25, 0.3) is 10.6 Å². The average Bonchev–Trinajstić information content (AvgIpc) is 3.29. The summed E-state index contributed by atoms with van der Waals surface area (Å²) in [5.41, 5.74) is 1.08. The summed E-state index contributed by atoms with van der Waals surface area (Å²) in [5.74, 6) is 0.902. The van der Waals surface area contributed by atoms with Gasteiger partial charge in [-0.05, 0) is 37.1 Å². The fraction of sp³-hybridized carbons (Fsp3) is 0.318. The minimum atomic E-state index is -0.315. The van der Waals surface area contributed by atoms with E-state index in [0.29, 0.717) is 40.8 Å². The first-order valence-electron chi connectivity index (χ1n) is 9.95. The van der Waals surface area contributed by atoms with Crippen LogP contribution in [0.5, 0.6) is 11.5 Å². The van der Waals surface area contributed by atoms with Gasteiger partial charge in [0.15, 0.2) is 16.5 Å². The zero-order valence-corrected chi connectivity index (χ0v) is 18.1. The molecule has 1 aliphatic rings. The fourth-order valence-electron chi connectivity index (χ4n) is 3.62. The van der Waals surface area contributed by atoms with Crippen LogP contribution in [-0.4, -0.2) is 48.4 Å². The Hall–Kier alpha value is -3.20. The van der Waals surface area contributed by atoms with Crippen LogP contribution in [0.4, 0.5) is 14.9 Å². The molecule has 2 heterocycles.